The number of allylic oxidation sites excluding steroid dienone is 1. The number of nitrogens with one attached hydrogen (secondary N) is 1. The monoisotopic (exact) mass is 507 g/mol. The van der Waals surface area contributed by atoms with Crippen molar-refractivity contribution in [1.82, 2.24) is 15.2 Å². The maximum Gasteiger partial charge on any atom is 0.243 e. The average Bonchev–Trinajstić information content (AvgIpc) is 3.34. The first-order chi connectivity index (χ1) is 18.0. The van der Waals surface area contributed by atoms with Crippen molar-refractivity contribution >= 4 is 22.6 Å². The number of rotatable bonds is 3. The van der Waals surface area contributed by atoms with Crippen LogP contribution in [-0.2, 0) is 9.59 Å². The largest absolute Gasteiger partial charge is 0.486 e. The second-order valence-corrected chi connectivity index (χ2v) is 10.5. The van der Waals surface area contributed by atoms with E-state index >= 15 is 0 Å². The fourth-order valence-corrected chi connectivity index (χ4v) is 5.70. The van der Waals surface area contributed by atoms with Crippen LogP contribution in [-0.4, -0.2) is 60.1 Å². The van der Waals surface area contributed by atoms with Crippen molar-refractivity contribution in [1.29, 1.82) is 0 Å². The van der Waals surface area contributed by atoms with Gasteiger partial charge in [0.2, 0.25) is 17.7 Å². The van der Waals surface area contributed by atoms with Crippen LogP contribution in [0, 0.1) is 11.8 Å². The molecule has 1 N–H and O–H groups in total. The zero-order valence-electron chi connectivity index (χ0n) is 21.8. The lowest BCUT2D eigenvalue weighted by Gasteiger charge is -2.27. The third-order valence-corrected chi connectivity index (χ3v) is 7.74. The summed E-state index contributed by atoms with van der Waals surface area (Å²) in [5, 5.41) is 4.69. The Morgan fingerprint density at radius 3 is 2.84 bits per heavy atom. The smallest absolute Gasteiger partial charge is 0.243 e. The van der Waals surface area contributed by atoms with Gasteiger partial charge in [-0.15, -0.1) is 0 Å². The minimum atomic E-state index is -0.553. The van der Waals surface area contributed by atoms with E-state index in [0.717, 1.165) is 36.5 Å². The molecule has 3 aliphatic rings. The zero-order chi connectivity index (χ0) is 25.8. The van der Waals surface area contributed by atoms with Gasteiger partial charge in [0, 0.05) is 36.4 Å². The third kappa shape index (κ3) is 5.68. The average molecular weight is 508 g/mol. The van der Waals surface area contributed by atoms with Crippen molar-refractivity contribution in [3.8, 4) is 17.4 Å². The molecule has 1 fully saturated rings. The van der Waals surface area contributed by atoms with Gasteiger partial charge in [0.05, 0.1) is 6.54 Å². The maximum absolute atomic E-state index is 13.5. The normalized spacial score (nSPS) is 27.8. The summed E-state index contributed by atoms with van der Waals surface area (Å²) in [6.45, 7) is 6.26. The van der Waals surface area contributed by atoms with Gasteiger partial charge < -0.3 is 24.4 Å². The van der Waals surface area contributed by atoms with Crippen LogP contribution >= 0.6 is 0 Å². The molecule has 1 saturated heterocycles. The molecule has 8 nitrogen and oxygen atoms in total. The van der Waals surface area contributed by atoms with Crippen LogP contribution in [0.25, 0.3) is 10.8 Å². The SMILES string of the molecule is CC[C@H]1CC(=O)N2C[C@H](Oc3nccc4c5c(ccc34)OCCO5)C[C@H]2C(=O)NC/C=C\CC[C@@H](C)C1. The molecule has 4 heterocycles. The first-order valence-electron chi connectivity index (χ1n) is 13.6. The van der Waals surface area contributed by atoms with Crippen LogP contribution in [0.5, 0.6) is 17.4 Å². The summed E-state index contributed by atoms with van der Waals surface area (Å²) in [6.07, 6.45) is 10.5. The van der Waals surface area contributed by atoms with E-state index < -0.39 is 6.04 Å². The molecule has 1 aromatic heterocycles. The number of benzene rings is 1. The van der Waals surface area contributed by atoms with Crippen LogP contribution in [0.15, 0.2) is 36.5 Å². The van der Waals surface area contributed by atoms with Crippen LogP contribution in [0.3, 0.4) is 0 Å². The molecule has 0 bridgehead atoms. The Bertz CT molecular complexity index is 1170. The van der Waals surface area contributed by atoms with Gasteiger partial charge in [0.1, 0.15) is 25.4 Å². The lowest BCUT2D eigenvalue weighted by atomic mass is 9.88. The topological polar surface area (TPSA) is 90.0 Å². The summed E-state index contributed by atoms with van der Waals surface area (Å²) in [7, 11) is 0. The Kier molecular flexibility index (Phi) is 7.82. The van der Waals surface area contributed by atoms with Crippen LogP contribution in [0.2, 0.25) is 0 Å². The Labute approximate surface area is 218 Å². The van der Waals surface area contributed by atoms with Crippen molar-refractivity contribution in [3.05, 3.63) is 36.5 Å². The summed E-state index contributed by atoms with van der Waals surface area (Å²) in [4.78, 5) is 32.9. The second-order valence-electron chi connectivity index (χ2n) is 10.5. The number of fused-ring (bicyclic) bond motifs is 4. The summed E-state index contributed by atoms with van der Waals surface area (Å²) < 4.78 is 18.0. The summed E-state index contributed by atoms with van der Waals surface area (Å²) in [6, 6.07) is 5.14. The zero-order valence-corrected chi connectivity index (χ0v) is 21.8. The summed E-state index contributed by atoms with van der Waals surface area (Å²) >= 11 is 0. The third-order valence-electron chi connectivity index (χ3n) is 7.74. The fourth-order valence-electron chi connectivity index (χ4n) is 5.70. The van der Waals surface area contributed by atoms with Crippen molar-refractivity contribution in [3.63, 3.8) is 0 Å². The number of pyridine rings is 1. The number of carbonyl (C=O) groups excluding carboxylic acids is 2. The van der Waals surface area contributed by atoms with Gasteiger partial charge in [-0.3, -0.25) is 9.59 Å². The Balaban J connectivity index is 1.37. The number of nitrogens with zero attached hydrogens (tertiary/aromatic N) is 2. The highest BCUT2D eigenvalue weighted by atomic mass is 16.6. The molecule has 0 radical (unpaired) electrons. The Morgan fingerprint density at radius 1 is 1.11 bits per heavy atom. The lowest BCUT2D eigenvalue weighted by Crippen LogP contribution is -2.46. The van der Waals surface area contributed by atoms with E-state index in [4.69, 9.17) is 14.2 Å². The molecule has 5 rings (SSSR count). The molecule has 0 saturated carbocycles. The summed E-state index contributed by atoms with van der Waals surface area (Å²) in [5.41, 5.74) is 0. The van der Waals surface area contributed by atoms with E-state index in [1.165, 1.54) is 0 Å². The molecule has 8 heteroatoms. The van der Waals surface area contributed by atoms with Gasteiger partial charge in [0.25, 0.3) is 0 Å². The van der Waals surface area contributed by atoms with Crippen molar-refractivity contribution in [2.45, 2.75) is 64.5 Å². The van der Waals surface area contributed by atoms with Gasteiger partial charge in [-0.25, -0.2) is 4.98 Å². The van der Waals surface area contributed by atoms with Crippen LogP contribution < -0.4 is 19.5 Å². The quantitative estimate of drug-likeness (QED) is 0.625. The molecule has 3 aliphatic heterocycles. The molecular formula is C29H37N3O5. The van der Waals surface area contributed by atoms with Crippen molar-refractivity contribution < 1.29 is 23.8 Å². The molecule has 0 unspecified atom stereocenters. The van der Waals surface area contributed by atoms with Gasteiger partial charge in [0.15, 0.2) is 11.5 Å². The molecule has 2 aromatic rings. The summed E-state index contributed by atoms with van der Waals surface area (Å²) in [5.74, 6) is 2.65. The van der Waals surface area contributed by atoms with Gasteiger partial charge >= 0.3 is 0 Å². The van der Waals surface area contributed by atoms with E-state index in [1.54, 1.807) is 11.1 Å². The predicted molar refractivity (Wildman–Crippen MR) is 141 cm³/mol. The molecule has 2 amide bonds. The maximum atomic E-state index is 13.5. The van der Waals surface area contributed by atoms with Crippen molar-refractivity contribution in [2.24, 2.45) is 11.8 Å². The van der Waals surface area contributed by atoms with E-state index in [9.17, 15) is 9.59 Å². The minimum Gasteiger partial charge on any atom is -0.486 e. The number of ether oxygens (including phenoxy) is 3. The van der Waals surface area contributed by atoms with E-state index in [1.807, 2.05) is 24.3 Å². The van der Waals surface area contributed by atoms with Crippen molar-refractivity contribution in [2.75, 3.05) is 26.3 Å². The highest BCUT2D eigenvalue weighted by Gasteiger charge is 2.41. The Hall–Kier alpha value is -3.29. The minimum absolute atomic E-state index is 0.0309. The number of carbonyl (C=O) groups is 2. The highest BCUT2D eigenvalue weighted by molar-refractivity contribution is 5.94. The first kappa shape index (κ1) is 25.4. The molecule has 37 heavy (non-hydrogen) atoms. The second kappa shape index (κ2) is 11.4. The lowest BCUT2D eigenvalue weighted by molar-refractivity contribution is -0.139. The van der Waals surface area contributed by atoms with Crippen LogP contribution in [0.1, 0.15) is 52.4 Å². The van der Waals surface area contributed by atoms with Gasteiger partial charge in [-0.2, -0.15) is 0 Å². The molecule has 1 aromatic carbocycles. The predicted octanol–water partition coefficient (Wildman–Crippen LogP) is 4.26. The molecule has 4 atom stereocenters. The van der Waals surface area contributed by atoms with E-state index in [2.05, 4.69) is 30.2 Å². The van der Waals surface area contributed by atoms with Crippen LogP contribution in [0.4, 0.5) is 0 Å². The van der Waals surface area contributed by atoms with E-state index in [-0.39, 0.29) is 17.9 Å². The molecule has 198 valence electrons. The standard InChI is InChI=1S/C29H37N3O5/c1-3-20-15-19(2)7-5-4-6-11-30-28(34)24-17-21(18-32(24)26(33)16-20)37-29-23-8-9-25-27(36-14-13-35-25)22(23)10-12-31-29/h4,6,8-10,12,19-21,24H,3,5,7,11,13-18H2,1-2H3,(H,30,34)/b6-4-/t19-,20-,21-,24+/m1/s1. The van der Waals surface area contributed by atoms with Gasteiger partial charge in [-0.1, -0.05) is 32.4 Å². The molecular weight excluding hydrogens is 470 g/mol. The number of hydrogen-bond acceptors (Lipinski definition) is 6. The number of amides is 2. The highest BCUT2D eigenvalue weighted by Crippen LogP contribution is 2.40. The fraction of sp³-hybridized carbons (Fsp3) is 0.552. The molecule has 0 spiro atoms. The number of aromatic nitrogens is 1. The first-order valence-corrected chi connectivity index (χ1v) is 13.6. The Morgan fingerprint density at radius 2 is 1.97 bits per heavy atom. The van der Waals surface area contributed by atoms with Gasteiger partial charge in [-0.05, 0) is 49.3 Å². The van der Waals surface area contributed by atoms with E-state index in [0.29, 0.717) is 68.4 Å². The number of hydrogen-bond donors (Lipinski definition) is 1. The molecule has 0 aliphatic carbocycles.